The van der Waals surface area contributed by atoms with Gasteiger partial charge in [0, 0.05) is 30.0 Å². The van der Waals surface area contributed by atoms with Gasteiger partial charge in [-0.15, -0.1) is 11.3 Å². The summed E-state index contributed by atoms with van der Waals surface area (Å²) in [6.45, 7) is 0. The molecule has 10 heteroatoms. The number of aryl methyl sites for hydroxylation is 1. The Balaban J connectivity index is 1.76. The normalized spacial score (nSPS) is 11.7. The van der Waals surface area contributed by atoms with Crippen LogP contribution < -0.4 is 0 Å². The molecule has 25 heavy (non-hydrogen) atoms. The molecule has 2 aromatic heterocycles. The predicted octanol–water partition coefficient (Wildman–Crippen LogP) is 4.17. The first kappa shape index (κ1) is 17.2. The first-order chi connectivity index (χ1) is 11.8. The van der Waals surface area contributed by atoms with E-state index in [4.69, 9.17) is 0 Å². The van der Waals surface area contributed by atoms with Crippen molar-refractivity contribution in [2.75, 3.05) is 0 Å². The van der Waals surface area contributed by atoms with Crippen LogP contribution in [0.2, 0.25) is 0 Å². The molecule has 1 aromatic carbocycles. The number of hydrogen-bond donors (Lipinski definition) is 0. The number of alkyl halides is 3. The molecule has 0 amide bonds. The number of hydrogen-bond acceptors (Lipinski definition) is 6. The zero-order chi connectivity index (χ0) is 18.0. The summed E-state index contributed by atoms with van der Waals surface area (Å²) in [5.41, 5.74) is -0.173. The Labute approximate surface area is 142 Å². The highest BCUT2D eigenvalue weighted by atomic mass is 32.1. The molecule has 0 saturated carbocycles. The van der Waals surface area contributed by atoms with Crippen LogP contribution in [0.3, 0.4) is 0 Å². The van der Waals surface area contributed by atoms with Crippen molar-refractivity contribution in [3.05, 3.63) is 52.1 Å². The quantitative estimate of drug-likeness (QED) is 0.497. The standard InChI is InChI=1S/C15H9F4N3O2S/c16-10-7-8(13-21-14(24-22-13)15(17,18)19)1-2-9(10)11(23)3-4-12-20-5-6-25-12/h1-2,5-7H,3-4H2. The van der Waals surface area contributed by atoms with Crippen molar-refractivity contribution in [2.45, 2.75) is 19.0 Å². The Kier molecular flexibility index (Phi) is 4.62. The molecule has 0 aliphatic carbocycles. The van der Waals surface area contributed by atoms with E-state index >= 15 is 0 Å². The van der Waals surface area contributed by atoms with Crippen LogP contribution in [-0.2, 0) is 12.6 Å². The Morgan fingerprint density at radius 2 is 2.08 bits per heavy atom. The number of aromatic nitrogens is 3. The maximum Gasteiger partial charge on any atom is 0.471 e. The highest BCUT2D eigenvalue weighted by Crippen LogP contribution is 2.29. The second-order valence-corrected chi connectivity index (χ2v) is 5.94. The molecule has 0 aliphatic heterocycles. The van der Waals surface area contributed by atoms with Gasteiger partial charge in [0.2, 0.25) is 5.82 Å². The first-order valence-corrected chi connectivity index (χ1v) is 7.85. The minimum absolute atomic E-state index is 0.0202. The predicted molar refractivity (Wildman–Crippen MR) is 79.5 cm³/mol. The zero-order valence-corrected chi connectivity index (χ0v) is 13.2. The largest absolute Gasteiger partial charge is 0.471 e. The fraction of sp³-hybridized carbons (Fsp3) is 0.200. The number of carbonyl (C=O) groups is 1. The number of Topliss-reactive ketones (excluding diaryl/α,β-unsaturated/α-hetero) is 1. The van der Waals surface area contributed by atoms with Crippen molar-refractivity contribution in [1.82, 2.24) is 15.1 Å². The van der Waals surface area contributed by atoms with Gasteiger partial charge >= 0.3 is 12.1 Å². The fourth-order valence-electron chi connectivity index (χ4n) is 2.07. The number of benzene rings is 1. The summed E-state index contributed by atoms with van der Waals surface area (Å²) in [5.74, 6) is -3.22. The van der Waals surface area contributed by atoms with Crippen molar-refractivity contribution in [1.29, 1.82) is 0 Å². The monoisotopic (exact) mass is 371 g/mol. The first-order valence-electron chi connectivity index (χ1n) is 6.97. The molecule has 0 bridgehead atoms. The van der Waals surface area contributed by atoms with Crippen LogP contribution in [-0.4, -0.2) is 20.9 Å². The van der Waals surface area contributed by atoms with Crippen LogP contribution in [0.4, 0.5) is 17.6 Å². The maximum absolute atomic E-state index is 14.2. The van der Waals surface area contributed by atoms with E-state index in [0.717, 1.165) is 11.1 Å². The second kappa shape index (κ2) is 6.71. The summed E-state index contributed by atoms with van der Waals surface area (Å²) < 4.78 is 55.6. The molecule has 0 aliphatic rings. The van der Waals surface area contributed by atoms with Crippen LogP contribution in [0.1, 0.15) is 27.7 Å². The van der Waals surface area contributed by atoms with Crippen LogP contribution in [0.5, 0.6) is 0 Å². The van der Waals surface area contributed by atoms with Gasteiger partial charge in [-0.05, 0) is 12.1 Å². The molecule has 0 radical (unpaired) electrons. The van der Waals surface area contributed by atoms with E-state index in [1.54, 1.807) is 11.6 Å². The van der Waals surface area contributed by atoms with E-state index in [9.17, 15) is 22.4 Å². The summed E-state index contributed by atoms with van der Waals surface area (Å²) >= 11 is 1.39. The number of rotatable bonds is 5. The number of halogens is 4. The average molecular weight is 371 g/mol. The topological polar surface area (TPSA) is 68.9 Å². The second-order valence-electron chi connectivity index (χ2n) is 4.96. The van der Waals surface area contributed by atoms with Crippen LogP contribution in [0.25, 0.3) is 11.4 Å². The van der Waals surface area contributed by atoms with Gasteiger partial charge in [0.05, 0.1) is 10.6 Å². The van der Waals surface area contributed by atoms with Crippen molar-refractivity contribution in [3.63, 3.8) is 0 Å². The molecule has 130 valence electrons. The SMILES string of the molecule is O=C(CCc1nccs1)c1ccc(-c2noc(C(F)(F)F)n2)cc1F. The molecule has 5 nitrogen and oxygen atoms in total. The summed E-state index contributed by atoms with van der Waals surface area (Å²) in [6.07, 6.45) is -2.71. The number of thiazole rings is 1. The number of carbonyl (C=O) groups excluding carboxylic acids is 1. The van der Waals surface area contributed by atoms with Gasteiger partial charge < -0.3 is 4.52 Å². The molecule has 0 saturated heterocycles. The molecule has 2 heterocycles. The third-order valence-electron chi connectivity index (χ3n) is 3.25. The lowest BCUT2D eigenvalue weighted by atomic mass is 10.0. The van der Waals surface area contributed by atoms with Gasteiger partial charge in [0.1, 0.15) is 5.82 Å². The lowest BCUT2D eigenvalue weighted by Crippen LogP contribution is -2.05. The maximum atomic E-state index is 14.2. The minimum Gasteiger partial charge on any atom is -0.329 e. The number of ketones is 1. The van der Waals surface area contributed by atoms with Crippen LogP contribution >= 0.6 is 11.3 Å². The Hall–Kier alpha value is -2.62. The third-order valence-corrected chi connectivity index (χ3v) is 4.09. The van der Waals surface area contributed by atoms with E-state index < -0.39 is 29.5 Å². The molecular weight excluding hydrogens is 362 g/mol. The van der Waals surface area contributed by atoms with Crippen molar-refractivity contribution >= 4 is 17.1 Å². The van der Waals surface area contributed by atoms with Crippen molar-refractivity contribution < 1.29 is 26.9 Å². The highest BCUT2D eigenvalue weighted by Gasteiger charge is 2.38. The summed E-state index contributed by atoms with van der Waals surface area (Å²) in [6, 6.07) is 3.37. The highest BCUT2D eigenvalue weighted by molar-refractivity contribution is 7.09. The van der Waals surface area contributed by atoms with Crippen molar-refractivity contribution in [2.24, 2.45) is 0 Å². The Morgan fingerprint density at radius 3 is 2.68 bits per heavy atom. The van der Waals surface area contributed by atoms with Gasteiger partial charge in [0.15, 0.2) is 5.78 Å². The average Bonchev–Trinajstić information content (AvgIpc) is 3.23. The summed E-state index contributed by atoms with van der Waals surface area (Å²) in [4.78, 5) is 19.3. The van der Waals surface area contributed by atoms with E-state index in [2.05, 4.69) is 19.6 Å². The van der Waals surface area contributed by atoms with Crippen LogP contribution in [0.15, 0.2) is 34.3 Å². The van der Waals surface area contributed by atoms with E-state index in [1.807, 2.05) is 0 Å². The molecule has 0 fully saturated rings. The molecular formula is C15H9F4N3O2S. The Morgan fingerprint density at radius 1 is 1.28 bits per heavy atom. The molecule has 0 spiro atoms. The fourth-order valence-corrected chi connectivity index (χ4v) is 2.69. The van der Waals surface area contributed by atoms with Gasteiger partial charge in [-0.2, -0.15) is 18.2 Å². The van der Waals surface area contributed by atoms with E-state index in [1.165, 1.54) is 23.5 Å². The summed E-state index contributed by atoms with van der Waals surface area (Å²) in [5, 5.41) is 5.71. The molecule has 3 aromatic rings. The summed E-state index contributed by atoms with van der Waals surface area (Å²) in [7, 11) is 0. The van der Waals surface area contributed by atoms with Gasteiger partial charge in [-0.3, -0.25) is 4.79 Å². The lowest BCUT2D eigenvalue weighted by molar-refractivity contribution is -0.159. The van der Waals surface area contributed by atoms with Gasteiger partial charge in [-0.25, -0.2) is 9.37 Å². The van der Waals surface area contributed by atoms with Gasteiger partial charge in [-0.1, -0.05) is 11.2 Å². The molecule has 3 rings (SSSR count). The number of nitrogens with zero attached hydrogens (tertiary/aromatic N) is 3. The van der Waals surface area contributed by atoms with Crippen LogP contribution in [0, 0.1) is 5.82 Å². The zero-order valence-electron chi connectivity index (χ0n) is 12.4. The molecule has 0 atom stereocenters. The smallest absolute Gasteiger partial charge is 0.329 e. The molecule has 0 unspecified atom stereocenters. The Bertz CT molecular complexity index is 891. The van der Waals surface area contributed by atoms with E-state index in [0.29, 0.717) is 6.42 Å². The van der Waals surface area contributed by atoms with Gasteiger partial charge in [0.25, 0.3) is 0 Å². The lowest BCUT2D eigenvalue weighted by Gasteiger charge is -2.03. The minimum atomic E-state index is -4.78. The third kappa shape index (κ3) is 3.90. The molecule has 0 N–H and O–H groups in total. The van der Waals surface area contributed by atoms with E-state index in [-0.39, 0.29) is 17.5 Å². The van der Waals surface area contributed by atoms with Crippen molar-refractivity contribution in [3.8, 4) is 11.4 Å².